The summed E-state index contributed by atoms with van der Waals surface area (Å²) in [6.45, 7) is 3.25. The molecule has 3 rings (SSSR count). The molecule has 0 unspecified atom stereocenters. The van der Waals surface area contributed by atoms with Crippen molar-refractivity contribution >= 4 is 11.6 Å². The highest BCUT2D eigenvalue weighted by atomic mass is 16.2. The fourth-order valence-electron chi connectivity index (χ4n) is 3.60. The van der Waals surface area contributed by atoms with Crippen molar-refractivity contribution < 1.29 is 4.79 Å². The van der Waals surface area contributed by atoms with Gasteiger partial charge in [-0.25, -0.2) is 0 Å². The Hall–Kier alpha value is -1.31. The van der Waals surface area contributed by atoms with Crippen LogP contribution in [0.5, 0.6) is 0 Å². The Bertz CT molecular complexity index is 457. The van der Waals surface area contributed by atoms with Gasteiger partial charge >= 0.3 is 0 Å². The van der Waals surface area contributed by atoms with E-state index in [0.717, 1.165) is 36.9 Å². The van der Waals surface area contributed by atoms with Crippen LogP contribution >= 0.6 is 0 Å². The van der Waals surface area contributed by atoms with Crippen molar-refractivity contribution in [3.63, 3.8) is 0 Å². The first-order chi connectivity index (χ1) is 9.74. The molecule has 2 nitrogen and oxygen atoms in total. The Morgan fingerprint density at radius 2 is 1.70 bits per heavy atom. The smallest absolute Gasteiger partial charge is 0.226 e. The maximum absolute atomic E-state index is 11.9. The largest absolute Gasteiger partial charge is 0.312 e. The average molecular weight is 271 g/mol. The molecular formula is C18H25NO. The van der Waals surface area contributed by atoms with Gasteiger partial charge < -0.3 is 4.90 Å². The van der Waals surface area contributed by atoms with Crippen LogP contribution in [0.4, 0.5) is 5.69 Å². The van der Waals surface area contributed by atoms with E-state index in [1.54, 1.807) is 0 Å². The second-order valence-electron chi connectivity index (χ2n) is 6.55. The summed E-state index contributed by atoms with van der Waals surface area (Å²) >= 11 is 0. The highest BCUT2D eigenvalue weighted by Gasteiger charge is 2.22. The molecule has 0 N–H and O–H groups in total. The van der Waals surface area contributed by atoms with Gasteiger partial charge in [-0.05, 0) is 55.2 Å². The molecule has 1 aliphatic carbocycles. The molecule has 1 aliphatic heterocycles. The van der Waals surface area contributed by atoms with Gasteiger partial charge in [0, 0.05) is 18.7 Å². The summed E-state index contributed by atoms with van der Waals surface area (Å²) in [7, 11) is 0. The van der Waals surface area contributed by atoms with E-state index in [0.29, 0.717) is 6.42 Å². The van der Waals surface area contributed by atoms with Gasteiger partial charge in [-0.1, -0.05) is 31.9 Å². The zero-order chi connectivity index (χ0) is 13.9. The van der Waals surface area contributed by atoms with Gasteiger partial charge in [0.2, 0.25) is 5.91 Å². The lowest BCUT2D eigenvalue weighted by atomic mass is 9.79. The number of nitrogens with zero attached hydrogens (tertiary/aromatic N) is 1. The minimum Gasteiger partial charge on any atom is -0.312 e. The molecule has 2 fully saturated rings. The lowest BCUT2D eigenvalue weighted by Crippen LogP contribution is -2.35. The van der Waals surface area contributed by atoms with E-state index >= 15 is 0 Å². The van der Waals surface area contributed by atoms with Gasteiger partial charge in [-0.15, -0.1) is 0 Å². The van der Waals surface area contributed by atoms with Crippen LogP contribution in [0.15, 0.2) is 24.3 Å². The fourth-order valence-corrected chi connectivity index (χ4v) is 3.60. The Balaban J connectivity index is 1.69. The van der Waals surface area contributed by atoms with E-state index in [1.165, 1.54) is 31.2 Å². The Morgan fingerprint density at radius 3 is 2.35 bits per heavy atom. The monoisotopic (exact) mass is 271 g/mol. The number of anilines is 1. The van der Waals surface area contributed by atoms with E-state index in [4.69, 9.17) is 0 Å². The maximum atomic E-state index is 11.9. The van der Waals surface area contributed by atoms with Crippen molar-refractivity contribution in [2.45, 2.75) is 57.8 Å². The molecule has 0 atom stereocenters. The predicted molar refractivity (Wildman–Crippen MR) is 83.0 cm³/mol. The summed E-state index contributed by atoms with van der Waals surface area (Å²) < 4.78 is 0. The first-order valence-electron chi connectivity index (χ1n) is 8.14. The fraction of sp³-hybridized carbons (Fsp3) is 0.611. The average Bonchev–Trinajstić information content (AvgIpc) is 2.49. The summed E-state index contributed by atoms with van der Waals surface area (Å²) in [5.41, 5.74) is 2.55. The summed E-state index contributed by atoms with van der Waals surface area (Å²) in [6.07, 6.45) is 8.25. The van der Waals surface area contributed by atoms with Crippen molar-refractivity contribution in [3.05, 3.63) is 29.8 Å². The summed E-state index contributed by atoms with van der Waals surface area (Å²) in [5, 5.41) is 0. The number of hydrogen-bond donors (Lipinski definition) is 0. The summed E-state index contributed by atoms with van der Waals surface area (Å²) in [4.78, 5) is 13.9. The van der Waals surface area contributed by atoms with Crippen molar-refractivity contribution in [1.29, 1.82) is 0 Å². The van der Waals surface area contributed by atoms with Gasteiger partial charge in [0.05, 0.1) is 0 Å². The number of piperidine rings is 1. The third kappa shape index (κ3) is 2.89. The summed E-state index contributed by atoms with van der Waals surface area (Å²) in [5.74, 6) is 1.92. The van der Waals surface area contributed by atoms with E-state index in [1.807, 2.05) is 4.90 Å². The number of carbonyl (C=O) groups excluding carboxylic acids is 1. The summed E-state index contributed by atoms with van der Waals surface area (Å²) in [6, 6.07) is 8.79. The standard InChI is InChI=1S/C18H25NO/c1-14-5-7-15(8-6-14)16-9-11-17(12-10-16)19-13-3-2-4-18(19)20/h9-12,14-15H,2-8,13H2,1H3. The van der Waals surface area contributed by atoms with Crippen LogP contribution in [0.2, 0.25) is 0 Å². The van der Waals surface area contributed by atoms with Gasteiger partial charge in [0.15, 0.2) is 0 Å². The molecule has 0 aromatic heterocycles. The van der Waals surface area contributed by atoms with Gasteiger partial charge in [-0.3, -0.25) is 4.79 Å². The zero-order valence-electron chi connectivity index (χ0n) is 12.5. The number of rotatable bonds is 2. The van der Waals surface area contributed by atoms with Crippen molar-refractivity contribution in [2.24, 2.45) is 5.92 Å². The van der Waals surface area contributed by atoms with Gasteiger partial charge in [0.1, 0.15) is 0 Å². The zero-order valence-corrected chi connectivity index (χ0v) is 12.5. The van der Waals surface area contributed by atoms with Crippen molar-refractivity contribution in [1.82, 2.24) is 0 Å². The molecule has 1 amide bonds. The van der Waals surface area contributed by atoms with Gasteiger partial charge in [-0.2, -0.15) is 0 Å². The van der Waals surface area contributed by atoms with Crippen molar-refractivity contribution in [2.75, 3.05) is 11.4 Å². The first kappa shape index (κ1) is 13.7. The molecule has 1 saturated carbocycles. The molecule has 1 aromatic rings. The number of hydrogen-bond acceptors (Lipinski definition) is 1. The SMILES string of the molecule is CC1CCC(c2ccc(N3CCCCC3=O)cc2)CC1. The number of carbonyl (C=O) groups is 1. The lowest BCUT2D eigenvalue weighted by molar-refractivity contribution is -0.119. The van der Waals surface area contributed by atoms with Crippen LogP contribution in [0.3, 0.4) is 0 Å². The molecule has 2 aliphatic rings. The number of benzene rings is 1. The second kappa shape index (κ2) is 5.99. The minimum absolute atomic E-state index is 0.287. The molecule has 1 saturated heterocycles. The Labute approximate surface area is 122 Å². The van der Waals surface area contributed by atoms with Crippen LogP contribution in [0, 0.1) is 5.92 Å². The highest BCUT2D eigenvalue weighted by Crippen LogP contribution is 2.36. The van der Waals surface area contributed by atoms with Crippen LogP contribution in [0.25, 0.3) is 0 Å². The molecule has 0 spiro atoms. The third-order valence-corrected chi connectivity index (χ3v) is 5.02. The second-order valence-corrected chi connectivity index (χ2v) is 6.55. The molecule has 0 bridgehead atoms. The first-order valence-corrected chi connectivity index (χ1v) is 8.14. The molecule has 108 valence electrons. The van der Waals surface area contributed by atoms with E-state index in [9.17, 15) is 4.79 Å². The van der Waals surface area contributed by atoms with E-state index in [2.05, 4.69) is 31.2 Å². The van der Waals surface area contributed by atoms with Crippen LogP contribution < -0.4 is 4.90 Å². The topological polar surface area (TPSA) is 20.3 Å². The van der Waals surface area contributed by atoms with Crippen LogP contribution in [0.1, 0.15) is 63.4 Å². The highest BCUT2D eigenvalue weighted by molar-refractivity contribution is 5.93. The van der Waals surface area contributed by atoms with Crippen molar-refractivity contribution in [3.8, 4) is 0 Å². The third-order valence-electron chi connectivity index (χ3n) is 5.02. The molecule has 2 heteroatoms. The van der Waals surface area contributed by atoms with Gasteiger partial charge in [0.25, 0.3) is 0 Å². The van der Waals surface area contributed by atoms with Crippen LogP contribution in [-0.2, 0) is 4.79 Å². The Morgan fingerprint density at radius 1 is 1.00 bits per heavy atom. The quantitative estimate of drug-likeness (QED) is 0.775. The lowest BCUT2D eigenvalue weighted by Gasteiger charge is -2.29. The molecule has 1 heterocycles. The van der Waals surface area contributed by atoms with E-state index in [-0.39, 0.29) is 5.91 Å². The predicted octanol–water partition coefficient (Wildman–Crippen LogP) is 4.50. The normalized spacial score (nSPS) is 27.6. The molecule has 20 heavy (non-hydrogen) atoms. The Kier molecular flexibility index (Phi) is 4.09. The van der Waals surface area contributed by atoms with Crippen LogP contribution in [-0.4, -0.2) is 12.5 Å². The van der Waals surface area contributed by atoms with E-state index < -0.39 is 0 Å². The maximum Gasteiger partial charge on any atom is 0.226 e. The molecular weight excluding hydrogens is 246 g/mol. The minimum atomic E-state index is 0.287. The molecule has 0 radical (unpaired) electrons. The number of amides is 1. The molecule has 1 aromatic carbocycles.